The zero-order chi connectivity index (χ0) is 17.8. The van der Waals surface area contributed by atoms with E-state index in [9.17, 15) is 14.4 Å². The molecule has 25 heavy (non-hydrogen) atoms. The van der Waals surface area contributed by atoms with E-state index < -0.39 is 11.2 Å². The Hall–Kier alpha value is -2.63. The normalized spacial score (nSPS) is 17.5. The maximum absolute atomic E-state index is 12.6. The van der Waals surface area contributed by atoms with Gasteiger partial charge in [-0.1, -0.05) is 24.3 Å². The van der Waals surface area contributed by atoms with Gasteiger partial charge in [-0.3, -0.25) is 14.6 Å². The van der Waals surface area contributed by atoms with Crippen molar-refractivity contribution < 1.29 is 4.79 Å². The lowest BCUT2D eigenvalue weighted by Crippen LogP contribution is -2.40. The lowest BCUT2D eigenvalue weighted by molar-refractivity contribution is -0.132. The van der Waals surface area contributed by atoms with Crippen LogP contribution in [0.3, 0.4) is 0 Å². The molecule has 1 aromatic heterocycles. The van der Waals surface area contributed by atoms with Crippen LogP contribution in [0.25, 0.3) is 0 Å². The fourth-order valence-corrected chi connectivity index (χ4v) is 3.50. The maximum Gasteiger partial charge on any atom is 0.328 e. The first-order chi connectivity index (χ1) is 12.0. The molecule has 1 atom stereocenters. The molecular formula is C19H23N3O3. The first kappa shape index (κ1) is 17.2. The minimum Gasteiger partial charge on any atom is -0.342 e. The molecular weight excluding hydrogens is 318 g/mol. The van der Waals surface area contributed by atoms with E-state index in [1.165, 1.54) is 28.0 Å². The van der Waals surface area contributed by atoms with Crippen molar-refractivity contribution in [2.24, 2.45) is 0 Å². The van der Waals surface area contributed by atoms with E-state index in [1.54, 1.807) is 0 Å². The van der Waals surface area contributed by atoms with Crippen LogP contribution in [-0.4, -0.2) is 33.4 Å². The fraction of sp³-hybridized carbons (Fsp3) is 0.421. The van der Waals surface area contributed by atoms with Gasteiger partial charge in [-0.05, 0) is 30.9 Å². The molecule has 1 aromatic carbocycles. The van der Waals surface area contributed by atoms with Gasteiger partial charge in [-0.15, -0.1) is 0 Å². The summed E-state index contributed by atoms with van der Waals surface area (Å²) in [4.78, 5) is 39.4. The van der Waals surface area contributed by atoms with Crippen molar-refractivity contribution in [3.05, 3.63) is 68.5 Å². The van der Waals surface area contributed by atoms with Crippen molar-refractivity contribution in [2.45, 2.75) is 38.6 Å². The van der Waals surface area contributed by atoms with Crippen molar-refractivity contribution in [3.63, 3.8) is 0 Å². The smallest absolute Gasteiger partial charge is 0.328 e. The van der Waals surface area contributed by atoms with Crippen LogP contribution < -0.4 is 11.2 Å². The molecule has 1 N–H and O–H groups in total. The van der Waals surface area contributed by atoms with Gasteiger partial charge < -0.3 is 9.47 Å². The van der Waals surface area contributed by atoms with Gasteiger partial charge in [0, 0.05) is 44.2 Å². The Bertz CT molecular complexity index is 868. The Morgan fingerprint density at radius 2 is 2.04 bits per heavy atom. The molecule has 1 saturated heterocycles. The Morgan fingerprint density at radius 1 is 1.24 bits per heavy atom. The molecule has 0 spiro atoms. The molecule has 132 valence electrons. The van der Waals surface area contributed by atoms with E-state index in [0.29, 0.717) is 5.92 Å². The number of aromatic amines is 1. The SMILES string of the molecule is Cc1ccccc1[C@H]1CCCN(C(=O)CCn2ccc(=O)[nH]c2=O)C1. The van der Waals surface area contributed by atoms with Crippen molar-refractivity contribution >= 4 is 5.91 Å². The molecule has 0 saturated carbocycles. The molecule has 2 aromatic rings. The largest absolute Gasteiger partial charge is 0.342 e. The highest BCUT2D eigenvalue weighted by atomic mass is 16.2. The number of piperidine rings is 1. The number of nitrogens with zero attached hydrogens (tertiary/aromatic N) is 2. The zero-order valence-corrected chi connectivity index (χ0v) is 14.4. The molecule has 1 amide bonds. The average molecular weight is 341 g/mol. The number of nitrogens with one attached hydrogen (secondary N) is 1. The zero-order valence-electron chi connectivity index (χ0n) is 14.4. The number of likely N-dealkylation sites (tertiary alicyclic amines) is 1. The van der Waals surface area contributed by atoms with Crippen LogP contribution in [0.15, 0.2) is 46.1 Å². The van der Waals surface area contributed by atoms with Crippen LogP contribution in [0.5, 0.6) is 0 Å². The molecule has 1 aliphatic heterocycles. The number of aryl methyl sites for hydroxylation is 2. The standard InChI is InChI=1S/C19H23N3O3/c1-14-5-2-3-7-16(14)15-6-4-10-22(13-15)18(24)9-12-21-11-8-17(23)20-19(21)25/h2-3,5,7-8,11,15H,4,6,9-10,12-13H2,1H3,(H,20,23,25)/t15-/m0/s1. The number of H-pyrrole nitrogens is 1. The molecule has 0 aliphatic carbocycles. The Labute approximate surface area is 146 Å². The number of rotatable bonds is 4. The topological polar surface area (TPSA) is 75.2 Å². The predicted molar refractivity (Wildman–Crippen MR) is 95.7 cm³/mol. The minimum absolute atomic E-state index is 0.0522. The number of hydrogen-bond acceptors (Lipinski definition) is 3. The molecule has 1 aliphatic rings. The highest BCUT2D eigenvalue weighted by molar-refractivity contribution is 5.76. The van der Waals surface area contributed by atoms with Crippen molar-refractivity contribution in [2.75, 3.05) is 13.1 Å². The molecule has 0 bridgehead atoms. The van der Waals surface area contributed by atoms with Gasteiger partial charge in [0.1, 0.15) is 0 Å². The highest BCUT2D eigenvalue weighted by Crippen LogP contribution is 2.29. The van der Waals surface area contributed by atoms with E-state index >= 15 is 0 Å². The summed E-state index contributed by atoms with van der Waals surface area (Å²) in [6, 6.07) is 9.63. The van der Waals surface area contributed by atoms with E-state index in [0.717, 1.165) is 25.9 Å². The van der Waals surface area contributed by atoms with Crippen LogP contribution >= 0.6 is 0 Å². The second kappa shape index (κ2) is 7.51. The van der Waals surface area contributed by atoms with E-state index in [-0.39, 0.29) is 18.9 Å². The lowest BCUT2D eigenvalue weighted by atomic mass is 9.88. The molecule has 0 radical (unpaired) electrons. The minimum atomic E-state index is -0.475. The number of carbonyl (C=O) groups is 1. The third kappa shape index (κ3) is 4.07. The number of benzene rings is 1. The molecule has 3 rings (SSSR count). The molecule has 0 unspecified atom stereocenters. The third-order valence-electron chi connectivity index (χ3n) is 4.87. The summed E-state index contributed by atoms with van der Waals surface area (Å²) in [6.07, 6.45) is 3.77. The van der Waals surface area contributed by atoms with Gasteiger partial charge in [0.25, 0.3) is 5.56 Å². The van der Waals surface area contributed by atoms with Crippen molar-refractivity contribution in [3.8, 4) is 0 Å². The molecule has 2 heterocycles. The lowest BCUT2D eigenvalue weighted by Gasteiger charge is -2.33. The van der Waals surface area contributed by atoms with Crippen LogP contribution in [-0.2, 0) is 11.3 Å². The average Bonchev–Trinajstić information content (AvgIpc) is 2.61. The second-order valence-corrected chi connectivity index (χ2v) is 6.59. The van der Waals surface area contributed by atoms with Gasteiger partial charge in [0.15, 0.2) is 0 Å². The second-order valence-electron chi connectivity index (χ2n) is 6.59. The molecule has 6 nitrogen and oxygen atoms in total. The Kier molecular flexibility index (Phi) is 5.16. The van der Waals surface area contributed by atoms with Crippen LogP contribution in [0.2, 0.25) is 0 Å². The van der Waals surface area contributed by atoms with Gasteiger partial charge >= 0.3 is 5.69 Å². The summed E-state index contributed by atoms with van der Waals surface area (Å²) in [7, 11) is 0. The Morgan fingerprint density at radius 3 is 2.80 bits per heavy atom. The van der Waals surface area contributed by atoms with Gasteiger partial charge in [0.2, 0.25) is 5.91 Å². The van der Waals surface area contributed by atoms with Crippen LogP contribution in [0.1, 0.15) is 36.3 Å². The Balaban J connectivity index is 1.63. The van der Waals surface area contributed by atoms with Gasteiger partial charge in [-0.2, -0.15) is 0 Å². The van der Waals surface area contributed by atoms with Crippen molar-refractivity contribution in [1.29, 1.82) is 0 Å². The number of carbonyl (C=O) groups excluding carboxylic acids is 1. The van der Waals surface area contributed by atoms with Crippen LogP contribution in [0, 0.1) is 6.92 Å². The molecule has 1 fully saturated rings. The summed E-state index contributed by atoms with van der Waals surface area (Å²) in [5.41, 5.74) is 1.68. The fourth-order valence-electron chi connectivity index (χ4n) is 3.50. The number of hydrogen-bond donors (Lipinski definition) is 1. The summed E-state index contributed by atoms with van der Waals surface area (Å²) in [5.74, 6) is 0.422. The number of aromatic nitrogens is 2. The van der Waals surface area contributed by atoms with Crippen molar-refractivity contribution in [1.82, 2.24) is 14.5 Å². The summed E-state index contributed by atoms with van der Waals surface area (Å²) < 4.78 is 1.36. The first-order valence-corrected chi connectivity index (χ1v) is 8.67. The van der Waals surface area contributed by atoms with Gasteiger partial charge in [-0.25, -0.2) is 4.79 Å². The van der Waals surface area contributed by atoms with Crippen LogP contribution in [0.4, 0.5) is 0 Å². The quantitative estimate of drug-likeness (QED) is 0.919. The summed E-state index contributed by atoms with van der Waals surface area (Å²) in [6.45, 7) is 3.88. The number of amides is 1. The van der Waals surface area contributed by atoms with E-state index in [2.05, 4.69) is 24.0 Å². The summed E-state index contributed by atoms with van der Waals surface area (Å²) in [5, 5.41) is 0. The monoisotopic (exact) mass is 341 g/mol. The predicted octanol–water partition coefficient (Wildman–Crippen LogP) is 1.64. The van der Waals surface area contributed by atoms with Gasteiger partial charge in [0.05, 0.1) is 0 Å². The third-order valence-corrected chi connectivity index (χ3v) is 4.87. The molecule has 6 heteroatoms. The first-order valence-electron chi connectivity index (χ1n) is 8.67. The maximum atomic E-state index is 12.6. The highest BCUT2D eigenvalue weighted by Gasteiger charge is 2.25. The summed E-state index contributed by atoms with van der Waals surface area (Å²) >= 11 is 0. The van der Waals surface area contributed by atoms with E-state index in [4.69, 9.17) is 0 Å². The van der Waals surface area contributed by atoms with E-state index in [1.807, 2.05) is 17.0 Å².